The Morgan fingerprint density at radius 3 is 2.75 bits per heavy atom. The Labute approximate surface area is 188 Å². The van der Waals surface area contributed by atoms with Crippen LogP contribution >= 0.6 is 0 Å². The van der Waals surface area contributed by atoms with Crippen LogP contribution < -0.4 is 20.9 Å². The van der Waals surface area contributed by atoms with E-state index in [9.17, 15) is 9.59 Å². The van der Waals surface area contributed by atoms with E-state index in [2.05, 4.69) is 21.2 Å². The Morgan fingerprint density at radius 2 is 2.06 bits per heavy atom. The minimum Gasteiger partial charge on any atom is -0.481 e. The fourth-order valence-corrected chi connectivity index (χ4v) is 4.80. The first kappa shape index (κ1) is 22.8. The van der Waals surface area contributed by atoms with Gasteiger partial charge in [0, 0.05) is 25.4 Å². The number of amides is 2. The lowest BCUT2D eigenvalue weighted by molar-refractivity contribution is -0.121. The van der Waals surface area contributed by atoms with Crippen molar-refractivity contribution in [3.63, 3.8) is 0 Å². The summed E-state index contributed by atoms with van der Waals surface area (Å²) in [6, 6.07) is 3.87. The van der Waals surface area contributed by atoms with Gasteiger partial charge in [-0.3, -0.25) is 10.2 Å². The molecule has 0 radical (unpaired) electrons. The van der Waals surface area contributed by atoms with Gasteiger partial charge in [0.1, 0.15) is 6.10 Å². The Kier molecular flexibility index (Phi) is 7.12. The van der Waals surface area contributed by atoms with E-state index in [0.717, 1.165) is 31.2 Å². The van der Waals surface area contributed by atoms with Crippen LogP contribution in [-0.2, 0) is 20.7 Å². The van der Waals surface area contributed by atoms with Crippen LogP contribution in [0.3, 0.4) is 0 Å². The van der Waals surface area contributed by atoms with E-state index in [1.165, 1.54) is 0 Å². The van der Waals surface area contributed by atoms with Crippen LogP contribution in [-0.4, -0.2) is 73.1 Å². The monoisotopic (exact) mass is 447 g/mol. The van der Waals surface area contributed by atoms with Gasteiger partial charge in [0.05, 0.1) is 38.4 Å². The Bertz CT molecular complexity index is 806. The second-order valence-corrected chi connectivity index (χ2v) is 8.88. The summed E-state index contributed by atoms with van der Waals surface area (Å²) < 4.78 is 16.1. The van der Waals surface area contributed by atoms with Crippen LogP contribution in [0.25, 0.3) is 0 Å². The summed E-state index contributed by atoms with van der Waals surface area (Å²) in [4.78, 5) is 30.6. The average Bonchev–Trinajstić information content (AvgIpc) is 3.43. The molecule has 10 nitrogen and oxygen atoms in total. The highest BCUT2D eigenvalue weighted by molar-refractivity contribution is 5.78. The van der Waals surface area contributed by atoms with Crippen LogP contribution in [0.5, 0.6) is 5.88 Å². The smallest absolute Gasteiger partial charge is 0.410 e. The van der Waals surface area contributed by atoms with Crippen molar-refractivity contribution in [1.29, 1.82) is 0 Å². The molecule has 176 valence electrons. The molecule has 0 bridgehead atoms. The number of methoxy groups -OCH3 is 2. The second kappa shape index (κ2) is 10.0. The molecule has 0 spiro atoms. The lowest BCUT2D eigenvalue weighted by atomic mass is 9.96. The minimum atomic E-state index is -0.243. The summed E-state index contributed by atoms with van der Waals surface area (Å²) in [5, 5.41) is 3.02. The maximum absolute atomic E-state index is 12.4. The molecule has 2 amide bonds. The Hall–Kier alpha value is -2.43. The van der Waals surface area contributed by atoms with Crippen LogP contribution in [0.4, 0.5) is 4.79 Å². The standard InChI is InChI=1S/C22H33N5O5/c1-13-18(30-2)12-27(13)22(29)32-16-6-5-15(9-16)17-10-19(26-25-17)24-20(28)8-14-4-7-21(31-3)23-11-14/h4,7,11,13,15-19,25-26H,5-6,8-10,12H2,1-3H3,(H,24,28)/t13-,15+,16-,17?,18+,19?/m1/s1. The van der Waals surface area contributed by atoms with Gasteiger partial charge < -0.3 is 24.4 Å². The summed E-state index contributed by atoms with van der Waals surface area (Å²) in [7, 11) is 3.23. The van der Waals surface area contributed by atoms with E-state index >= 15 is 0 Å². The fourth-order valence-electron chi connectivity index (χ4n) is 4.80. The zero-order chi connectivity index (χ0) is 22.7. The first-order valence-corrected chi connectivity index (χ1v) is 11.3. The number of likely N-dealkylation sites (tertiary alicyclic amines) is 1. The molecular formula is C22H33N5O5. The molecule has 0 aromatic carbocycles. The quantitative estimate of drug-likeness (QED) is 0.567. The molecule has 3 fully saturated rings. The van der Waals surface area contributed by atoms with Gasteiger partial charge in [0.15, 0.2) is 0 Å². The number of ether oxygens (including phenoxy) is 3. The lowest BCUT2D eigenvalue weighted by Gasteiger charge is -2.44. The van der Waals surface area contributed by atoms with E-state index in [0.29, 0.717) is 18.3 Å². The molecule has 10 heteroatoms. The Balaban J connectivity index is 1.18. The van der Waals surface area contributed by atoms with Crippen LogP contribution in [0.1, 0.15) is 38.2 Å². The number of hydrazine groups is 1. The fraction of sp³-hybridized carbons (Fsp3) is 0.682. The summed E-state index contributed by atoms with van der Waals surface area (Å²) in [6.07, 6.45) is 5.06. The number of nitrogens with zero attached hydrogens (tertiary/aromatic N) is 2. The molecule has 3 aliphatic rings. The van der Waals surface area contributed by atoms with Gasteiger partial charge in [-0.05, 0) is 44.1 Å². The van der Waals surface area contributed by atoms with Gasteiger partial charge in [-0.2, -0.15) is 0 Å². The number of hydrogen-bond acceptors (Lipinski definition) is 8. The van der Waals surface area contributed by atoms with E-state index in [4.69, 9.17) is 14.2 Å². The molecule has 6 atom stereocenters. The van der Waals surface area contributed by atoms with Crippen molar-refractivity contribution in [2.75, 3.05) is 20.8 Å². The largest absolute Gasteiger partial charge is 0.481 e. The van der Waals surface area contributed by atoms with Gasteiger partial charge in [-0.1, -0.05) is 6.07 Å². The zero-order valence-electron chi connectivity index (χ0n) is 18.9. The van der Waals surface area contributed by atoms with Crippen molar-refractivity contribution >= 4 is 12.0 Å². The van der Waals surface area contributed by atoms with E-state index in [1.54, 1.807) is 31.4 Å². The number of aromatic nitrogens is 1. The molecule has 1 aromatic heterocycles. The van der Waals surface area contributed by atoms with Crippen molar-refractivity contribution in [3.05, 3.63) is 23.9 Å². The molecule has 4 rings (SSSR count). The molecule has 32 heavy (non-hydrogen) atoms. The van der Waals surface area contributed by atoms with Crippen LogP contribution in [0.15, 0.2) is 18.3 Å². The summed E-state index contributed by atoms with van der Waals surface area (Å²) >= 11 is 0. The van der Waals surface area contributed by atoms with E-state index < -0.39 is 0 Å². The number of nitrogens with one attached hydrogen (secondary N) is 3. The number of rotatable bonds is 7. The molecule has 1 saturated carbocycles. The highest BCUT2D eigenvalue weighted by Gasteiger charge is 2.42. The number of carbonyl (C=O) groups excluding carboxylic acids is 2. The molecule has 2 aliphatic heterocycles. The molecule has 3 N–H and O–H groups in total. The molecule has 1 aromatic rings. The van der Waals surface area contributed by atoms with Crippen molar-refractivity contribution in [1.82, 2.24) is 26.1 Å². The van der Waals surface area contributed by atoms with E-state index in [1.807, 2.05) is 13.0 Å². The maximum Gasteiger partial charge on any atom is 0.410 e. The highest BCUT2D eigenvalue weighted by atomic mass is 16.6. The molecule has 2 unspecified atom stereocenters. The van der Waals surface area contributed by atoms with Crippen molar-refractivity contribution in [2.45, 2.75) is 69.5 Å². The van der Waals surface area contributed by atoms with E-state index in [-0.39, 0.29) is 48.9 Å². The van der Waals surface area contributed by atoms with Gasteiger partial charge in [0.2, 0.25) is 11.8 Å². The summed E-state index contributed by atoms with van der Waals surface area (Å²) in [5.74, 6) is 0.861. The predicted molar refractivity (Wildman–Crippen MR) is 116 cm³/mol. The normalized spacial score (nSPS) is 31.8. The topological polar surface area (TPSA) is 114 Å². The zero-order valence-corrected chi connectivity index (χ0v) is 18.9. The second-order valence-electron chi connectivity index (χ2n) is 8.88. The third-order valence-corrected chi connectivity index (χ3v) is 6.84. The number of carbonyl (C=O) groups is 2. The molecular weight excluding hydrogens is 414 g/mol. The Morgan fingerprint density at radius 1 is 1.22 bits per heavy atom. The van der Waals surface area contributed by atoms with Gasteiger partial charge in [-0.15, -0.1) is 0 Å². The minimum absolute atomic E-state index is 0.0562. The predicted octanol–water partition coefficient (Wildman–Crippen LogP) is 0.966. The summed E-state index contributed by atoms with van der Waals surface area (Å²) in [6.45, 7) is 2.57. The average molecular weight is 448 g/mol. The lowest BCUT2D eigenvalue weighted by Crippen LogP contribution is -2.61. The third kappa shape index (κ3) is 5.13. The van der Waals surface area contributed by atoms with Crippen molar-refractivity contribution in [3.8, 4) is 5.88 Å². The molecule has 3 heterocycles. The first-order chi connectivity index (χ1) is 15.5. The van der Waals surface area contributed by atoms with Crippen molar-refractivity contribution in [2.24, 2.45) is 5.92 Å². The number of pyridine rings is 1. The maximum atomic E-state index is 12.4. The van der Waals surface area contributed by atoms with Crippen LogP contribution in [0.2, 0.25) is 0 Å². The molecule has 1 aliphatic carbocycles. The first-order valence-electron chi connectivity index (χ1n) is 11.3. The third-order valence-electron chi connectivity index (χ3n) is 6.84. The van der Waals surface area contributed by atoms with Gasteiger partial charge in [0.25, 0.3) is 0 Å². The van der Waals surface area contributed by atoms with Gasteiger partial charge >= 0.3 is 6.09 Å². The number of hydrogen-bond donors (Lipinski definition) is 3. The molecule has 2 saturated heterocycles. The highest BCUT2D eigenvalue weighted by Crippen LogP contribution is 2.34. The van der Waals surface area contributed by atoms with Crippen LogP contribution in [0, 0.1) is 5.92 Å². The van der Waals surface area contributed by atoms with Gasteiger partial charge in [-0.25, -0.2) is 15.2 Å². The van der Waals surface area contributed by atoms with Crippen molar-refractivity contribution < 1.29 is 23.8 Å². The SMILES string of the molecule is COc1ccc(CC(=O)NC2CC([C@H]3CC[C@@H](OC(=O)N4C[C@H](OC)[C@H]4C)C3)NN2)cn1. The summed E-state index contributed by atoms with van der Waals surface area (Å²) in [5.41, 5.74) is 7.32.